The van der Waals surface area contributed by atoms with Crippen molar-refractivity contribution in [1.82, 2.24) is 15.3 Å². The number of aromatic nitrogens is 2. The molecule has 0 aliphatic heterocycles. The molecule has 3 aromatic rings. The van der Waals surface area contributed by atoms with Crippen LogP contribution in [0.25, 0.3) is 10.9 Å². The number of hydrogen-bond acceptors (Lipinski definition) is 4. The number of carbonyl (C=O) groups is 1. The smallest absolute Gasteiger partial charge is 0.260 e. The Morgan fingerprint density at radius 3 is 2.52 bits per heavy atom. The van der Waals surface area contributed by atoms with Crippen LogP contribution < -0.4 is 16.2 Å². The third-order valence-corrected chi connectivity index (χ3v) is 3.51. The molecule has 0 spiro atoms. The summed E-state index contributed by atoms with van der Waals surface area (Å²) in [7, 11) is 0. The summed E-state index contributed by atoms with van der Waals surface area (Å²) >= 11 is 0. The van der Waals surface area contributed by atoms with E-state index in [1.807, 2.05) is 0 Å². The van der Waals surface area contributed by atoms with E-state index in [-0.39, 0.29) is 24.6 Å². The van der Waals surface area contributed by atoms with Gasteiger partial charge in [0, 0.05) is 13.1 Å². The topological polar surface area (TPSA) is 86.9 Å². The molecule has 3 rings (SSSR count). The monoisotopic (exact) mass is 344 g/mol. The Hall–Kier alpha value is -3.29. The van der Waals surface area contributed by atoms with Crippen LogP contribution in [0.2, 0.25) is 0 Å². The van der Waals surface area contributed by atoms with Gasteiger partial charge in [-0.15, -0.1) is 0 Å². The zero-order valence-electron chi connectivity index (χ0n) is 13.0. The van der Waals surface area contributed by atoms with Crippen LogP contribution in [0.15, 0.2) is 47.3 Å². The fraction of sp³-hybridized carbons (Fsp3) is 0.118. The second-order valence-electron chi connectivity index (χ2n) is 5.21. The third kappa shape index (κ3) is 3.63. The first kappa shape index (κ1) is 16.6. The Balaban J connectivity index is 1.60. The quantitative estimate of drug-likeness (QED) is 0.618. The van der Waals surface area contributed by atoms with Gasteiger partial charge in [0.05, 0.1) is 10.9 Å². The molecule has 3 N–H and O–H groups in total. The van der Waals surface area contributed by atoms with Crippen LogP contribution in [0.1, 0.15) is 10.4 Å². The number of nitrogens with one attached hydrogen (secondary N) is 3. The number of aromatic amines is 1. The number of rotatable bonds is 5. The van der Waals surface area contributed by atoms with Gasteiger partial charge < -0.3 is 10.6 Å². The first-order valence-corrected chi connectivity index (χ1v) is 7.51. The minimum absolute atomic E-state index is 0.0865. The molecule has 0 saturated heterocycles. The van der Waals surface area contributed by atoms with Gasteiger partial charge in [-0.25, -0.2) is 13.8 Å². The van der Waals surface area contributed by atoms with Crippen LogP contribution >= 0.6 is 0 Å². The molecule has 6 nitrogen and oxygen atoms in total. The van der Waals surface area contributed by atoms with Crippen molar-refractivity contribution in [3.05, 3.63) is 70.0 Å². The Bertz CT molecular complexity index is 968. The van der Waals surface area contributed by atoms with Gasteiger partial charge in [-0.2, -0.15) is 0 Å². The normalized spacial score (nSPS) is 10.6. The largest absolute Gasteiger partial charge is 0.354 e. The summed E-state index contributed by atoms with van der Waals surface area (Å²) in [5, 5.41) is 5.72. The van der Waals surface area contributed by atoms with Gasteiger partial charge in [-0.1, -0.05) is 18.2 Å². The maximum absolute atomic E-state index is 13.5. The van der Waals surface area contributed by atoms with Gasteiger partial charge in [0.25, 0.3) is 11.5 Å². The fourth-order valence-corrected chi connectivity index (χ4v) is 2.33. The molecule has 0 saturated carbocycles. The number of nitrogens with zero attached hydrogens (tertiary/aromatic N) is 1. The standard InChI is InChI=1S/C17H14F2N4O2/c18-11-5-3-6-12(19)14(11)16(25)20-8-9-21-17-22-13-7-2-1-4-10(13)15(24)23-17/h1-7H,8-9H2,(H,20,25)(H2,21,22,23,24). The average molecular weight is 344 g/mol. The minimum Gasteiger partial charge on any atom is -0.354 e. The van der Waals surface area contributed by atoms with E-state index in [9.17, 15) is 18.4 Å². The van der Waals surface area contributed by atoms with Crippen molar-refractivity contribution >= 4 is 22.8 Å². The van der Waals surface area contributed by atoms with E-state index < -0.39 is 23.1 Å². The van der Waals surface area contributed by atoms with Gasteiger partial charge in [0.15, 0.2) is 0 Å². The Morgan fingerprint density at radius 2 is 1.76 bits per heavy atom. The number of para-hydroxylation sites is 1. The first-order valence-electron chi connectivity index (χ1n) is 7.51. The van der Waals surface area contributed by atoms with Crippen molar-refractivity contribution in [1.29, 1.82) is 0 Å². The number of fused-ring (bicyclic) bond motifs is 1. The lowest BCUT2D eigenvalue weighted by molar-refractivity contribution is 0.0946. The lowest BCUT2D eigenvalue weighted by Gasteiger charge is -2.09. The van der Waals surface area contributed by atoms with Crippen LogP contribution in [0.5, 0.6) is 0 Å². The second-order valence-corrected chi connectivity index (χ2v) is 5.21. The lowest BCUT2D eigenvalue weighted by atomic mass is 10.2. The van der Waals surface area contributed by atoms with Gasteiger partial charge in [-0.05, 0) is 24.3 Å². The summed E-state index contributed by atoms with van der Waals surface area (Å²) in [5.41, 5.74) is -0.378. The number of amides is 1. The van der Waals surface area contributed by atoms with Crippen molar-refractivity contribution in [2.24, 2.45) is 0 Å². The zero-order valence-corrected chi connectivity index (χ0v) is 13.0. The van der Waals surface area contributed by atoms with Crippen LogP contribution in [0.3, 0.4) is 0 Å². The van der Waals surface area contributed by atoms with Gasteiger partial charge in [0.2, 0.25) is 5.95 Å². The Kier molecular flexibility index (Phi) is 4.69. The number of anilines is 1. The Labute approximate surface area is 140 Å². The highest BCUT2D eigenvalue weighted by atomic mass is 19.1. The summed E-state index contributed by atoms with van der Waals surface area (Å²) in [6.07, 6.45) is 0. The number of H-pyrrole nitrogens is 1. The van der Waals surface area contributed by atoms with Crippen molar-refractivity contribution in [2.75, 3.05) is 18.4 Å². The Morgan fingerprint density at radius 1 is 1.04 bits per heavy atom. The molecule has 25 heavy (non-hydrogen) atoms. The highest BCUT2D eigenvalue weighted by molar-refractivity contribution is 5.94. The molecule has 0 bridgehead atoms. The van der Waals surface area contributed by atoms with E-state index in [0.717, 1.165) is 12.1 Å². The van der Waals surface area contributed by atoms with E-state index in [1.165, 1.54) is 6.07 Å². The predicted octanol–water partition coefficient (Wildman–Crippen LogP) is 2.04. The molecule has 2 aromatic carbocycles. The van der Waals surface area contributed by atoms with Crippen molar-refractivity contribution in [2.45, 2.75) is 0 Å². The molecular formula is C17H14F2N4O2. The molecule has 0 fully saturated rings. The number of benzene rings is 2. The van der Waals surface area contributed by atoms with Crippen molar-refractivity contribution in [3.8, 4) is 0 Å². The SMILES string of the molecule is O=C(NCCNc1nc2ccccc2c(=O)[nH]1)c1c(F)cccc1F. The average Bonchev–Trinajstić information content (AvgIpc) is 2.59. The van der Waals surface area contributed by atoms with Crippen LogP contribution in [0.4, 0.5) is 14.7 Å². The zero-order chi connectivity index (χ0) is 17.8. The molecular weight excluding hydrogens is 330 g/mol. The van der Waals surface area contributed by atoms with E-state index in [2.05, 4.69) is 20.6 Å². The summed E-state index contributed by atoms with van der Waals surface area (Å²) in [6, 6.07) is 10.1. The minimum atomic E-state index is -0.925. The fourth-order valence-electron chi connectivity index (χ4n) is 2.33. The molecule has 1 aromatic heterocycles. The lowest BCUT2D eigenvalue weighted by Crippen LogP contribution is -2.30. The van der Waals surface area contributed by atoms with E-state index in [4.69, 9.17) is 0 Å². The van der Waals surface area contributed by atoms with Crippen molar-refractivity contribution in [3.63, 3.8) is 0 Å². The summed E-state index contributed by atoms with van der Waals surface area (Å²) in [4.78, 5) is 30.6. The number of halogens is 2. The predicted molar refractivity (Wildman–Crippen MR) is 89.5 cm³/mol. The summed E-state index contributed by atoms with van der Waals surface area (Å²) < 4.78 is 27.0. The third-order valence-electron chi connectivity index (χ3n) is 3.51. The molecule has 8 heteroatoms. The maximum Gasteiger partial charge on any atom is 0.260 e. The van der Waals surface area contributed by atoms with Crippen LogP contribution in [-0.4, -0.2) is 29.0 Å². The highest BCUT2D eigenvalue weighted by Crippen LogP contribution is 2.11. The van der Waals surface area contributed by atoms with E-state index >= 15 is 0 Å². The molecule has 128 valence electrons. The molecule has 0 radical (unpaired) electrons. The van der Waals surface area contributed by atoms with Gasteiger partial charge in [-0.3, -0.25) is 14.6 Å². The molecule has 0 aliphatic rings. The molecule has 1 heterocycles. The van der Waals surface area contributed by atoms with E-state index in [0.29, 0.717) is 10.9 Å². The van der Waals surface area contributed by atoms with Crippen LogP contribution in [0, 0.1) is 11.6 Å². The number of carbonyl (C=O) groups excluding carboxylic acids is 1. The second kappa shape index (κ2) is 7.08. The van der Waals surface area contributed by atoms with E-state index in [1.54, 1.807) is 24.3 Å². The first-order chi connectivity index (χ1) is 12.1. The number of hydrogen-bond donors (Lipinski definition) is 3. The molecule has 0 atom stereocenters. The van der Waals surface area contributed by atoms with Crippen molar-refractivity contribution < 1.29 is 13.6 Å². The summed E-state index contributed by atoms with van der Waals surface area (Å²) in [6.45, 7) is 0.298. The van der Waals surface area contributed by atoms with Gasteiger partial charge in [0.1, 0.15) is 17.2 Å². The molecule has 1 amide bonds. The molecule has 0 unspecified atom stereocenters. The van der Waals surface area contributed by atoms with Gasteiger partial charge >= 0.3 is 0 Å². The maximum atomic E-state index is 13.5. The molecule has 0 aliphatic carbocycles. The van der Waals surface area contributed by atoms with Crippen LogP contribution in [-0.2, 0) is 0 Å². The summed E-state index contributed by atoms with van der Waals surface area (Å²) in [5.74, 6) is -2.45. The highest BCUT2D eigenvalue weighted by Gasteiger charge is 2.16.